The van der Waals surface area contributed by atoms with Gasteiger partial charge in [-0.2, -0.15) is 0 Å². The number of benzene rings is 1. The van der Waals surface area contributed by atoms with Gasteiger partial charge < -0.3 is 9.52 Å². The molecule has 7 nitrogen and oxygen atoms in total. The molecular formula is C10H5NO6. The average molecular weight is 235 g/mol. The van der Waals surface area contributed by atoms with Crippen LogP contribution in [-0.4, -0.2) is 16.3 Å². The summed E-state index contributed by atoms with van der Waals surface area (Å²) in [5.41, 5.74) is -1.76. The van der Waals surface area contributed by atoms with Crippen molar-refractivity contribution in [1.82, 2.24) is 0 Å². The third kappa shape index (κ3) is 1.53. The minimum absolute atomic E-state index is 0.0244. The molecule has 1 aromatic heterocycles. The molecule has 0 atom stereocenters. The zero-order valence-electron chi connectivity index (χ0n) is 8.25. The highest BCUT2D eigenvalue weighted by Crippen LogP contribution is 2.31. The quantitative estimate of drug-likeness (QED) is 0.476. The Bertz CT molecular complexity index is 687. The number of carbonyl (C=O) groups excluding carboxylic acids is 1. The minimum atomic E-state index is -0.832. The molecule has 0 spiro atoms. The lowest BCUT2D eigenvalue weighted by molar-refractivity contribution is -0.385. The maximum Gasteiger partial charge on any atom is 0.311 e. The van der Waals surface area contributed by atoms with Gasteiger partial charge >= 0.3 is 5.69 Å². The molecule has 0 saturated heterocycles. The Morgan fingerprint density at radius 3 is 2.71 bits per heavy atom. The Kier molecular flexibility index (Phi) is 2.36. The second-order valence-electron chi connectivity index (χ2n) is 3.20. The first-order valence-corrected chi connectivity index (χ1v) is 4.43. The number of fused-ring (bicyclic) bond motifs is 1. The van der Waals surface area contributed by atoms with Gasteiger partial charge in [-0.3, -0.25) is 19.7 Å². The Balaban J connectivity index is 2.97. The molecule has 0 bridgehead atoms. The molecule has 7 heteroatoms. The summed E-state index contributed by atoms with van der Waals surface area (Å²) in [4.78, 5) is 31.9. The molecule has 0 amide bonds. The number of phenolic OH excluding ortho intramolecular Hbond substituents is 1. The molecule has 0 saturated carbocycles. The van der Waals surface area contributed by atoms with Crippen LogP contribution in [0.4, 0.5) is 5.69 Å². The fourth-order valence-electron chi connectivity index (χ4n) is 1.43. The van der Waals surface area contributed by atoms with E-state index >= 15 is 0 Å². The Morgan fingerprint density at radius 1 is 1.41 bits per heavy atom. The van der Waals surface area contributed by atoms with Crippen LogP contribution < -0.4 is 5.43 Å². The van der Waals surface area contributed by atoms with Crippen LogP contribution >= 0.6 is 0 Å². The van der Waals surface area contributed by atoms with Gasteiger partial charge in [0.15, 0.2) is 6.29 Å². The number of aromatic hydroxyl groups is 1. The molecule has 1 N–H and O–H groups in total. The molecule has 0 aliphatic heterocycles. The predicted molar refractivity (Wildman–Crippen MR) is 56.2 cm³/mol. The summed E-state index contributed by atoms with van der Waals surface area (Å²) >= 11 is 0. The van der Waals surface area contributed by atoms with E-state index in [0.29, 0.717) is 0 Å². The van der Waals surface area contributed by atoms with E-state index in [1.807, 2.05) is 0 Å². The van der Waals surface area contributed by atoms with Crippen molar-refractivity contribution in [2.45, 2.75) is 0 Å². The van der Waals surface area contributed by atoms with Gasteiger partial charge in [0.05, 0.1) is 10.5 Å². The number of nitro groups is 1. The molecular weight excluding hydrogens is 230 g/mol. The van der Waals surface area contributed by atoms with Gasteiger partial charge in [-0.25, -0.2) is 0 Å². The number of nitro benzene ring substituents is 1. The fourth-order valence-corrected chi connectivity index (χ4v) is 1.43. The number of hydrogen-bond acceptors (Lipinski definition) is 6. The number of hydrogen-bond donors (Lipinski definition) is 1. The van der Waals surface area contributed by atoms with Crippen molar-refractivity contribution in [3.63, 3.8) is 0 Å². The van der Waals surface area contributed by atoms with Crippen molar-refractivity contribution >= 4 is 22.9 Å². The maximum absolute atomic E-state index is 11.7. The Hall–Kier alpha value is -2.70. The topological polar surface area (TPSA) is 111 Å². The van der Waals surface area contributed by atoms with E-state index in [1.54, 1.807) is 0 Å². The Labute approximate surface area is 93.1 Å². The summed E-state index contributed by atoms with van der Waals surface area (Å²) in [5, 5.41) is 19.8. The molecule has 17 heavy (non-hydrogen) atoms. The average Bonchev–Trinajstić information content (AvgIpc) is 2.29. The van der Waals surface area contributed by atoms with Crippen LogP contribution in [0.15, 0.2) is 27.6 Å². The maximum atomic E-state index is 11.7. The molecule has 0 unspecified atom stereocenters. The van der Waals surface area contributed by atoms with Gasteiger partial charge in [-0.1, -0.05) is 0 Å². The van der Waals surface area contributed by atoms with Gasteiger partial charge in [0, 0.05) is 6.07 Å². The molecule has 86 valence electrons. The lowest BCUT2D eigenvalue weighted by Crippen LogP contribution is -2.08. The van der Waals surface area contributed by atoms with Gasteiger partial charge in [0.1, 0.15) is 17.2 Å². The Morgan fingerprint density at radius 2 is 2.12 bits per heavy atom. The van der Waals surface area contributed by atoms with E-state index in [4.69, 9.17) is 4.42 Å². The number of nitrogens with zero attached hydrogens (tertiary/aromatic N) is 1. The van der Waals surface area contributed by atoms with E-state index in [9.17, 15) is 24.8 Å². The zero-order valence-corrected chi connectivity index (χ0v) is 8.25. The van der Waals surface area contributed by atoms with Crippen LogP contribution in [0, 0.1) is 10.1 Å². The van der Waals surface area contributed by atoms with Crippen molar-refractivity contribution in [3.8, 4) is 5.75 Å². The first-order valence-electron chi connectivity index (χ1n) is 4.43. The van der Waals surface area contributed by atoms with Crippen LogP contribution in [0.5, 0.6) is 5.75 Å². The summed E-state index contributed by atoms with van der Waals surface area (Å²) < 4.78 is 4.92. The van der Waals surface area contributed by atoms with Crippen molar-refractivity contribution in [3.05, 3.63) is 44.3 Å². The fraction of sp³-hybridized carbons (Fsp3) is 0. The second kappa shape index (κ2) is 3.71. The summed E-state index contributed by atoms with van der Waals surface area (Å²) in [6, 6.07) is 2.20. The third-order valence-corrected chi connectivity index (χ3v) is 2.24. The van der Waals surface area contributed by atoms with Crippen molar-refractivity contribution in [2.75, 3.05) is 0 Å². The van der Waals surface area contributed by atoms with Crippen molar-refractivity contribution < 1.29 is 19.2 Å². The molecule has 0 fully saturated rings. The van der Waals surface area contributed by atoms with Gasteiger partial charge in [-0.05, 0) is 6.07 Å². The summed E-state index contributed by atoms with van der Waals surface area (Å²) in [6.07, 6.45) is 1.19. The SMILES string of the molecule is O=Cc1coc2ccc([N+](=O)[O-])c(O)c2c1=O. The van der Waals surface area contributed by atoms with Crippen LogP contribution in [0.2, 0.25) is 0 Å². The highest BCUT2D eigenvalue weighted by atomic mass is 16.6. The van der Waals surface area contributed by atoms with E-state index in [0.717, 1.165) is 12.3 Å². The highest BCUT2D eigenvalue weighted by molar-refractivity contribution is 5.90. The van der Waals surface area contributed by atoms with Crippen LogP contribution in [0.25, 0.3) is 11.0 Å². The van der Waals surface area contributed by atoms with E-state index in [1.165, 1.54) is 6.07 Å². The van der Waals surface area contributed by atoms with Crippen molar-refractivity contribution in [2.24, 2.45) is 0 Å². The summed E-state index contributed by atoms with van der Waals surface area (Å²) in [6.45, 7) is 0. The van der Waals surface area contributed by atoms with Crippen molar-refractivity contribution in [1.29, 1.82) is 0 Å². The number of carbonyl (C=O) groups is 1. The highest BCUT2D eigenvalue weighted by Gasteiger charge is 2.20. The van der Waals surface area contributed by atoms with E-state index in [-0.39, 0.29) is 22.8 Å². The standard InChI is InChI=1S/C10H5NO6/c12-3-5-4-17-7-2-1-6(11(15)16)10(14)8(7)9(5)13/h1-4,14H. The molecule has 0 radical (unpaired) electrons. The lowest BCUT2D eigenvalue weighted by Gasteiger charge is -2.00. The summed E-state index contributed by atoms with van der Waals surface area (Å²) in [5.74, 6) is -0.801. The smallest absolute Gasteiger partial charge is 0.311 e. The third-order valence-electron chi connectivity index (χ3n) is 2.24. The molecule has 0 aliphatic carbocycles. The normalized spacial score (nSPS) is 10.4. The number of aldehydes is 1. The van der Waals surface area contributed by atoms with E-state index < -0.39 is 21.8 Å². The minimum Gasteiger partial charge on any atom is -0.501 e. The van der Waals surface area contributed by atoms with Gasteiger partial charge in [0.25, 0.3) is 0 Å². The number of rotatable bonds is 2. The molecule has 2 aromatic rings. The number of phenols is 1. The van der Waals surface area contributed by atoms with Gasteiger partial charge in [0.2, 0.25) is 11.2 Å². The molecule has 1 heterocycles. The molecule has 0 aliphatic rings. The molecule has 2 rings (SSSR count). The van der Waals surface area contributed by atoms with E-state index in [2.05, 4.69) is 0 Å². The van der Waals surface area contributed by atoms with Gasteiger partial charge in [-0.15, -0.1) is 0 Å². The first-order chi connectivity index (χ1) is 8.06. The molecule has 1 aromatic carbocycles. The predicted octanol–water partition coefficient (Wildman–Crippen LogP) is 1.22. The first kappa shape index (κ1) is 10.8. The largest absolute Gasteiger partial charge is 0.501 e. The van der Waals surface area contributed by atoms with Crippen LogP contribution in [0.1, 0.15) is 10.4 Å². The second-order valence-corrected chi connectivity index (χ2v) is 3.20. The lowest BCUT2D eigenvalue weighted by atomic mass is 10.1. The summed E-state index contributed by atoms with van der Waals surface area (Å²) in [7, 11) is 0. The zero-order chi connectivity index (χ0) is 12.6. The monoisotopic (exact) mass is 235 g/mol. The van der Waals surface area contributed by atoms with Crippen LogP contribution in [0.3, 0.4) is 0 Å². The van der Waals surface area contributed by atoms with Crippen LogP contribution in [-0.2, 0) is 0 Å².